The number of hydrogen-bond donors (Lipinski definition) is 0. The number of nitro benzene ring substituents is 2. The van der Waals surface area contributed by atoms with Crippen molar-refractivity contribution in [2.75, 3.05) is 0 Å². The molecule has 2 aliphatic rings. The number of fused-ring (bicyclic) bond motifs is 3. The molecule has 1 aliphatic heterocycles. The van der Waals surface area contributed by atoms with Gasteiger partial charge in [-0.05, 0) is 46.0 Å². The zero-order chi connectivity index (χ0) is 20.8. The maximum absolute atomic E-state index is 11.4. The lowest BCUT2D eigenvalue weighted by atomic mass is 10.0. The average molecular weight is 432 g/mol. The maximum atomic E-state index is 11.4. The van der Waals surface area contributed by atoms with Gasteiger partial charge >= 0.3 is 0 Å². The van der Waals surface area contributed by atoms with E-state index in [1.807, 2.05) is 30.3 Å². The van der Waals surface area contributed by atoms with Crippen LogP contribution in [0.4, 0.5) is 11.4 Å². The quantitative estimate of drug-likeness (QED) is 0.204. The molecule has 0 unspecified atom stereocenters. The first-order valence-corrected chi connectivity index (χ1v) is 11.1. The normalized spacial score (nSPS) is 14.3. The van der Waals surface area contributed by atoms with E-state index in [0.717, 1.165) is 43.2 Å². The first-order chi connectivity index (χ1) is 14.5. The molecule has 146 valence electrons. The van der Waals surface area contributed by atoms with Crippen molar-refractivity contribution in [3.63, 3.8) is 0 Å². The number of non-ortho nitro benzene ring substituents is 2. The van der Waals surface area contributed by atoms with Gasteiger partial charge in [-0.2, -0.15) is 0 Å². The summed E-state index contributed by atoms with van der Waals surface area (Å²) in [5.41, 5.74) is 5.04. The summed E-state index contributed by atoms with van der Waals surface area (Å²) >= 11 is 0. The molecule has 6 nitrogen and oxygen atoms in total. The Morgan fingerprint density at radius 3 is 1.77 bits per heavy atom. The smallest absolute Gasteiger partial charge is 0.258 e. The van der Waals surface area contributed by atoms with Crippen LogP contribution in [0.2, 0.25) is 0 Å². The number of hydrogen-bond acceptors (Lipinski definition) is 6. The highest BCUT2D eigenvalue weighted by molar-refractivity contribution is 8.82. The van der Waals surface area contributed by atoms with E-state index in [9.17, 15) is 20.2 Å². The topological polar surface area (TPSA) is 86.3 Å². The molecule has 3 aromatic rings. The summed E-state index contributed by atoms with van der Waals surface area (Å²) in [6, 6.07) is 19.5. The molecule has 0 bridgehead atoms. The second-order valence-electron chi connectivity index (χ2n) is 6.75. The first-order valence-electron chi connectivity index (χ1n) is 8.97. The van der Waals surface area contributed by atoms with Crippen LogP contribution >= 0.6 is 21.6 Å². The van der Waals surface area contributed by atoms with E-state index in [-0.39, 0.29) is 11.4 Å². The Balaban J connectivity index is 1.75. The lowest BCUT2D eigenvalue weighted by molar-refractivity contribution is -0.385. The molecule has 0 amide bonds. The predicted molar refractivity (Wildman–Crippen MR) is 121 cm³/mol. The van der Waals surface area contributed by atoms with Gasteiger partial charge in [-0.1, -0.05) is 51.9 Å². The van der Waals surface area contributed by atoms with E-state index < -0.39 is 9.85 Å². The van der Waals surface area contributed by atoms with Crippen molar-refractivity contribution >= 4 is 43.4 Å². The highest BCUT2D eigenvalue weighted by Crippen LogP contribution is 2.56. The van der Waals surface area contributed by atoms with Crippen molar-refractivity contribution in [1.29, 1.82) is 0 Å². The Labute approximate surface area is 179 Å². The number of benzene rings is 3. The van der Waals surface area contributed by atoms with E-state index in [4.69, 9.17) is 0 Å². The number of rotatable bonds is 3. The van der Waals surface area contributed by atoms with Crippen molar-refractivity contribution in [2.24, 2.45) is 0 Å². The van der Waals surface area contributed by atoms with Crippen molar-refractivity contribution in [3.05, 3.63) is 115 Å². The van der Waals surface area contributed by atoms with Crippen molar-refractivity contribution in [3.8, 4) is 11.1 Å². The van der Waals surface area contributed by atoms with Gasteiger partial charge < -0.3 is 0 Å². The summed E-state index contributed by atoms with van der Waals surface area (Å²) in [7, 11) is 3.18. The van der Waals surface area contributed by atoms with Crippen LogP contribution in [0, 0.1) is 20.2 Å². The van der Waals surface area contributed by atoms with Crippen LogP contribution in [-0.2, 0) is 0 Å². The Morgan fingerprint density at radius 2 is 1.23 bits per heavy atom. The summed E-state index contributed by atoms with van der Waals surface area (Å²) in [4.78, 5) is 23.9. The predicted octanol–water partition coefficient (Wildman–Crippen LogP) is 6.68. The summed E-state index contributed by atoms with van der Waals surface area (Å²) in [6.07, 6.45) is 2.05. The minimum Gasteiger partial charge on any atom is -0.258 e. The zero-order valence-electron chi connectivity index (χ0n) is 15.3. The first kappa shape index (κ1) is 18.7. The molecule has 1 heterocycles. The van der Waals surface area contributed by atoms with Crippen molar-refractivity contribution in [2.45, 2.75) is 0 Å². The Bertz CT molecular complexity index is 1230. The minimum absolute atomic E-state index is 0.00271. The van der Waals surface area contributed by atoms with Gasteiger partial charge in [0.1, 0.15) is 0 Å². The lowest BCUT2D eigenvalue weighted by Crippen LogP contribution is -1.91. The van der Waals surface area contributed by atoms with Gasteiger partial charge in [0.15, 0.2) is 0 Å². The van der Waals surface area contributed by atoms with E-state index in [1.165, 1.54) is 12.1 Å². The molecular weight excluding hydrogens is 420 g/mol. The Morgan fingerprint density at radius 1 is 0.667 bits per heavy atom. The molecule has 0 radical (unpaired) electrons. The maximum Gasteiger partial charge on any atom is 0.270 e. The van der Waals surface area contributed by atoms with Gasteiger partial charge in [0, 0.05) is 39.6 Å². The molecule has 0 spiro atoms. The molecule has 0 aromatic heterocycles. The van der Waals surface area contributed by atoms with Gasteiger partial charge in [0.2, 0.25) is 0 Å². The largest absolute Gasteiger partial charge is 0.270 e. The molecule has 0 saturated heterocycles. The SMILES string of the molecule is O=[N+]([O-])c1ccc2c(c1)C(=C1C=C(c3ccccc3)SS1)c1cc([N+](=O)[O-])ccc1-2. The van der Waals surface area contributed by atoms with Gasteiger partial charge in [-0.3, -0.25) is 20.2 Å². The Kier molecular flexibility index (Phi) is 4.45. The van der Waals surface area contributed by atoms with Crippen LogP contribution < -0.4 is 0 Å². The highest BCUT2D eigenvalue weighted by atomic mass is 33.1. The summed E-state index contributed by atoms with van der Waals surface area (Å²) in [5.74, 6) is 0. The standard InChI is InChI=1S/C22H12N2O4S2/c25-23(26)14-6-8-16-17-9-7-15(24(27)28)11-19(17)22(18(16)10-14)21-12-20(29-30-21)13-4-2-1-3-5-13/h1-12H. The van der Waals surface area contributed by atoms with Crippen molar-refractivity contribution in [1.82, 2.24) is 0 Å². The van der Waals surface area contributed by atoms with Crippen molar-refractivity contribution < 1.29 is 9.85 Å². The molecular formula is C22H12N2O4S2. The van der Waals surface area contributed by atoms with E-state index in [1.54, 1.807) is 45.9 Å². The van der Waals surface area contributed by atoms with Crippen LogP contribution in [0.1, 0.15) is 16.7 Å². The fraction of sp³-hybridized carbons (Fsp3) is 0. The van der Waals surface area contributed by atoms with Crippen LogP contribution in [0.25, 0.3) is 21.6 Å². The molecule has 0 fully saturated rings. The second-order valence-corrected chi connectivity index (χ2v) is 8.97. The van der Waals surface area contributed by atoms with Crippen LogP contribution in [0.15, 0.2) is 77.7 Å². The van der Waals surface area contributed by atoms with Crippen LogP contribution in [0.5, 0.6) is 0 Å². The fourth-order valence-electron chi connectivity index (χ4n) is 3.69. The number of nitro groups is 2. The monoisotopic (exact) mass is 432 g/mol. The van der Waals surface area contributed by atoms with E-state index in [0.29, 0.717) is 0 Å². The summed E-state index contributed by atoms with van der Waals surface area (Å²) < 4.78 is 0. The molecule has 0 saturated carbocycles. The summed E-state index contributed by atoms with van der Waals surface area (Å²) in [6.45, 7) is 0. The molecule has 3 aromatic carbocycles. The highest BCUT2D eigenvalue weighted by Gasteiger charge is 2.31. The molecule has 30 heavy (non-hydrogen) atoms. The third kappa shape index (κ3) is 3.01. The molecule has 0 N–H and O–H groups in total. The minimum atomic E-state index is -0.421. The lowest BCUT2D eigenvalue weighted by Gasteiger charge is -2.05. The second kappa shape index (κ2) is 7.16. The number of allylic oxidation sites excluding steroid dienone is 1. The van der Waals surface area contributed by atoms with E-state index >= 15 is 0 Å². The molecule has 8 heteroatoms. The fourth-order valence-corrected chi connectivity index (χ4v) is 6.18. The zero-order valence-corrected chi connectivity index (χ0v) is 16.9. The van der Waals surface area contributed by atoms with Crippen LogP contribution in [-0.4, -0.2) is 9.85 Å². The average Bonchev–Trinajstić information content (AvgIpc) is 3.35. The molecule has 0 atom stereocenters. The van der Waals surface area contributed by atoms with Gasteiger partial charge in [-0.15, -0.1) is 0 Å². The van der Waals surface area contributed by atoms with Crippen LogP contribution in [0.3, 0.4) is 0 Å². The number of nitrogens with zero attached hydrogens (tertiary/aromatic N) is 2. The third-order valence-corrected chi connectivity index (χ3v) is 7.49. The molecule has 5 rings (SSSR count). The summed E-state index contributed by atoms with van der Waals surface area (Å²) in [5, 5.41) is 22.7. The third-order valence-electron chi connectivity index (χ3n) is 5.04. The van der Waals surface area contributed by atoms with Gasteiger partial charge in [0.25, 0.3) is 11.4 Å². The Hall–Kier alpha value is -3.36. The van der Waals surface area contributed by atoms with Gasteiger partial charge in [-0.25, -0.2) is 0 Å². The van der Waals surface area contributed by atoms with E-state index in [2.05, 4.69) is 6.08 Å². The van der Waals surface area contributed by atoms with Gasteiger partial charge in [0.05, 0.1) is 9.85 Å². The molecule has 1 aliphatic carbocycles.